The first kappa shape index (κ1) is 21.1. The molecule has 1 fully saturated rings. The Morgan fingerprint density at radius 3 is 2.47 bits per heavy atom. The maximum atomic E-state index is 13.3. The summed E-state index contributed by atoms with van der Waals surface area (Å²) in [6, 6.07) is 10.0. The minimum atomic E-state index is -0.0316. The first-order chi connectivity index (χ1) is 15.7. The summed E-state index contributed by atoms with van der Waals surface area (Å²) in [6.07, 6.45) is 6.00. The second-order valence-corrected chi connectivity index (χ2v) is 9.03. The molecule has 2 aromatic rings. The van der Waals surface area contributed by atoms with Gasteiger partial charge in [-0.05, 0) is 85.4 Å². The molecule has 1 amide bonds. The van der Waals surface area contributed by atoms with E-state index in [4.69, 9.17) is 14.2 Å². The number of aromatic hydroxyl groups is 1. The van der Waals surface area contributed by atoms with E-state index in [1.165, 1.54) is 11.1 Å². The first-order valence-corrected chi connectivity index (χ1v) is 11.8. The number of aryl methyl sites for hydroxylation is 3. The van der Waals surface area contributed by atoms with Crippen LogP contribution in [0.2, 0.25) is 0 Å². The van der Waals surface area contributed by atoms with Gasteiger partial charge in [-0.15, -0.1) is 0 Å². The molecule has 3 aliphatic rings. The Morgan fingerprint density at radius 1 is 0.906 bits per heavy atom. The molecule has 1 saturated heterocycles. The first-order valence-electron chi connectivity index (χ1n) is 11.8. The van der Waals surface area contributed by atoms with Gasteiger partial charge in [0.25, 0.3) is 0 Å². The largest absolute Gasteiger partial charge is 0.508 e. The number of carbonyl (C=O) groups is 1. The van der Waals surface area contributed by atoms with Gasteiger partial charge in [-0.3, -0.25) is 4.79 Å². The van der Waals surface area contributed by atoms with Crippen molar-refractivity contribution in [3.05, 3.63) is 52.6 Å². The summed E-state index contributed by atoms with van der Waals surface area (Å²) < 4.78 is 16.8. The molecule has 1 N–H and O–H groups in total. The van der Waals surface area contributed by atoms with Gasteiger partial charge in [0.1, 0.15) is 5.75 Å². The van der Waals surface area contributed by atoms with Crippen molar-refractivity contribution in [1.29, 1.82) is 0 Å². The highest BCUT2D eigenvalue weighted by atomic mass is 16.7. The number of benzene rings is 2. The summed E-state index contributed by atoms with van der Waals surface area (Å²) in [6.45, 7) is 2.96. The van der Waals surface area contributed by atoms with Gasteiger partial charge < -0.3 is 24.2 Å². The minimum Gasteiger partial charge on any atom is -0.508 e. The van der Waals surface area contributed by atoms with Gasteiger partial charge in [0.2, 0.25) is 12.7 Å². The molecule has 2 aromatic carbocycles. The van der Waals surface area contributed by atoms with Crippen LogP contribution in [0.3, 0.4) is 0 Å². The smallest absolute Gasteiger partial charge is 0.231 e. The van der Waals surface area contributed by atoms with Crippen LogP contribution in [0.25, 0.3) is 0 Å². The lowest BCUT2D eigenvalue weighted by Gasteiger charge is -2.29. The van der Waals surface area contributed by atoms with Crippen molar-refractivity contribution < 1.29 is 24.1 Å². The van der Waals surface area contributed by atoms with E-state index in [1.807, 2.05) is 11.0 Å². The van der Waals surface area contributed by atoms with E-state index in [1.54, 1.807) is 6.07 Å². The van der Waals surface area contributed by atoms with Gasteiger partial charge >= 0.3 is 0 Å². The normalized spacial score (nSPS) is 21.1. The van der Waals surface area contributed by atoms with E-state index in [0.717, 1.165) is 80.7 Å². The average molecular weight is 438 g/mol. The quantitative estimate of drug-likeness (QED) is 0.738. The van der Waals surface area contributed by atoms with E-state index >= 15 is 0 Å². The SMILES string of the molecule is O=C(C1CCCOC1)N1CCCc2cc3c(cc2CCc2cc(ccc2O)CC1)OCO3. The third kappa shape index (κ3) is 4.56. The van der Waals surface area contributed by atoms with Crippen LogP contribution in [-0.2, 0) is 35.2 Å². The van der Waals surface area contributed by atoms with E-state index in [0.29, 0.717) is 18.9 Å². The fourth-order valence-electron chi connectivity index (χ4n) is 5.01. The van der Waals surface area contributed by atoms with Crippen LogP contribution in [0.4, 0.5) is 0 Å². The summed E-state index contributed by atoms with van der Waals surface area (Å²) in [5.74, 6) is 2.10. The predicted octanol–water partition coefficient (Wildman–Crippen LogP) is 3.65. The second kappa shape index (κ2) is 9.41. The Balaban J connectivity index is 1.43. The Morgan fingerprint density at radius 2 is 1.69 bits per heavy atom. The Bertz CT molecular complexity index is 982. The van der Waals surface area contributed by atoms with Gasteiger partial charge in [-0.1, -0.05) is 12.1 Å². The molecule has 0 spiro atoms. The van der Waals surface area contributed by atoms with E-state index in [9.17, 15) is 9.90 Å². The van der Waals surface area contributed by atoms with Crippen LogP contribution >= 0.6 is 0 Å². The number of hydrogen-bond acceptors (Lipinski definition) is 5. The Kier molecular flexibility index (Phi) is 6.21. The molecule has 3 heterocycles. The summed E-state index contributed by atoms with van der Waals surface area (Å²) >= 11 is 0. The van der Waals surface area contributed by atoms with E-state index in [-0.39, 0.29) is 18.6 Å². The van der Waals surface area contributed by atoms with E-state index < -0.39 is 0 Å². The zero-order chi connectivity index (χ0) is 21.9. The van der Waals surface area contributed by atoms with Crippen molar-refractivity contribution in [1.82, 2.24) is 4.90 Å². The number of phenolic OH excluding ortho intramolecular Hbond substituents is 1. The minimum absolute atomic E-state index is 0.0316. The molecule has 3 aliphatic heterocycles. The number of hydrogen-bond donors (Lipinski definition) is 1. The fourth-order valence-corrected chi connectivity index (χ4v) is 5.01. The number of amides is 1. The lowest BCUT2D eigenvalue weighted by molar-refractivity contribution is -0.139. The highest BCUT2D eigenvalue weighted by molar-refractivity contribution is 5.79. The number of carbonyl (C=O) groups excluding carboxylic acids is 1. The van der Waals surface area contributed by atoms with Crippen molar-refractivity contribution >= 4 is 5.91 Å². The van der Waals surface area contributed by atoms with Gasteiger partial charge in [-0.25, -0.2) is 0 Å². The number of ether oxygens (including phenoxy) is 3. The summed E-state index contributed by atoms with van der Waals surface area (Å²) in [5, 5.41) is 10.4. The molecule has 0 saturated carbocycles. The molecular formula is C26H31NO5. The molecule has 0 aromatic heterocycles. The molecule has 0 aliphatic carbocycles. The topological polar surface area (TPSA) is 68.2 Å². The van der Waals surface area contributed by atoms with Crippen LogP contribution in [-0.4, -0.2) is 49.0 Å². The molecule has 5 rings (SSSR count). The standard InChI is InChI=1S/C26H31NO5/c28-23-8-5-18-9-11-27(26(29)22-4-2-12-30-16-22)10-1-3-19-14-24-25(32-17-31-24)15-20(19)6-7-21(23)13-18/h5,8,13-15,22,28H,1-4,6-7,9-12,16-17H2. The van der Waals surface area contributed by atoms with E-state index in [2.05, 4.69) is 18.2 Å². The molecule has 0 radical (unpaired) electrons. The molecule has 6 heteroatoms. The molecule has 1 atom stereocenters. The summed E-state index contributed by atoms with van der Waals surface area (Å²) in [7, 11) is 0. The number of rotatable bonds is 1. The van der Waals surface area contributed by atoms with Gasteiger partial charge in [0, 0.05) is 19.7 Å². The third-order valence-electron chi connectivity index (χ3n) is 6.87. The Hall–Kier alpha value is -2.73. The van der Waals surface area contributed by atoms with Crippen molar-refractivity contribution in [3.8, 4) is 17.2 Å². The predicted molar refractivity (Wildman–Crippen MR) is 120 cm³/mol. The molecule has 2 bridgehead atoms. The number of phenols is 1. The zero-order valence-corrected chi connectivity index (χ0v) is 18.5. The summed E-state index contributed by atoms with van der Waals surface area (Å²) in [4.78, 5) is 15.3. The van der Waals surface area contributed by atoms with Crippen LogP contribution in [0.5, 0.6) is 17.2 Å². The molecule has 170 valence electrons. The maximum Gasteiger partial charge on any atom is 0.231 e. The lowest BCUT2D eigenvalue weighted by Crippen LogP contribution is -2.41. The molecule has 6 nitrogen and oxygen atoms in total. The second-order valence-electron chi connectivity index (χ2n) is 9.03. The zero-order valence-electron chi connectivity index (χ0n) is 18.5. The number of fused-ring (bicyclic) bond motifs is 4. The van der Waals surface area contributed by atoms with Crippen molar-refractivity contribution in [2.75, 3.05) is 33.1 Å². The van der Waals surface area contributed by atoms with Crippen LogP contribution < -0.4 is 9.47 Å². The number of nitrogens with zero attached hydrogens (tertiary/aromatic N) is 1. The van der Waals surface area contributed by atoms with Crippen LogP contribution in [0.15, 0.2) is 30.3 Å². The van der Waals surface area contributed by atoms with Gasteiger partial charge in [-0.2, -0.15) is 0 Å². The fraction of sp³-hybridized carbons (Fsp3) is 0.500. The van der Waals surface area contributed by atoms with Gasteiger partial charge in [0.15, 0.2) is 11.5 Å². The molecule has 1 unspecified atom stereocenters. The Labute approximate surface area is 189 Å². The molecular weight excluding hydrogens is 406 g/mol. The average Bonchev–Trinajstić information content (AvgIpc) is 3.28. The lowest BCUT2D eigenvalue weighted by atomic mass is 9.95. The van der Waals surface area contributed by atoms with Gasteiger partial charge in [0.05, 0.1) is 12.5 Å². The monoisotopic (exact) mass is 437 g/mol. The third-order valence-corrected chi connectivity index (χ3v) is 6.87. The van der Waals surface area contributed by atoms with Crippen LogP contribution in [0, 0.1) is 5.92 Å². The summed E-state index contributed by atoms with van der Waals surface area (Å²) in [5.41, 5.74) is 4.55. The maximum absolute atomic E-state index is 13.3. The molecule has 32 heavy (non-hydrogen) atoms. The highest BCUT2D eigenvalue weighted by Gasteiger charge is 2.27. The van der Waals surface area contributed by atoms with Crippen LogP contribution in [0.1, 0.15) is 41.5 Å². The van der Waals surface area contributed by atoms with Crippen molar-refractivity contribution in [3.63, 3.8) is 0 Å². The van der Waals surface area contributed by atoms with Crippen molar-refractivity contribution in [2.45, 2.75) is 44.9 Å². The highest BCUT2D eigenvalue weighted by Crippen LogP contribution is 2.36. The van der Waals surface area contributed by atoms with Crippen molar-refractivity contribution in [2.24, 2.45) is 5.92 Å².